The molecule has 3 aromatic rings. The molecule has 0 fully saturated rings. The van der Waals surface area contributed by atoms with Gasteiger partial charge in [-0.3, -0.25) is 15.4 Å². The standard InChI is InChI=1S/C22H19F2N5OS/c1-3-4-5-20(25)29-13-14(6-9-21(29)26)15-10-18(22(30-2)27-12-15)28-31-19-8-7-16(23)11-17(19)24/h6-13,25-26,28H,3H2,1-2H3. The zero-order valence-electron chi connectivity index (χ0n) is 16.8. The molecule has 0 aliphatic rings. The third-order valence-corrected chi connectivity index (χ3v) is 4.99. The van der Waals surface area contributed by atoms with Crippen LogP contribution in [0.15, 0.2) is 53.7 Å². The van der Waals surface area contributed by atoms with Crippen molar-refractivity contribution in [2.45, 2.75) is 18.2 Å². The predicted octanol–water partition coefficient (Wildman–Crippen LogP) is 4.67. The second-order valence-electron chi connectivity index (χ2n) is 6.24. The number of nitrogens with one attached hydrogen (secondary N) is 3. The smallest absolute Gasteiger partial charge is 0.237 e. The Morgan fingerprint density at radius 1 is 1.23 bits per heavy atom. The maximum absolute atomic E-state index is 13.9. The lowest BCUT2D eigenvalue weighted by molar-refractivity contribution is 0.400. The van der Waals surface area contributed by atoms with E-state index in [0.29, 0.717) is 29.1 Å². The van der Waals surface area contributed by atoms with E-state index in [0.717, 1.165) is 18.0 Å². The van der Waals surface area contributed by atoms with Gasteiger partial charge in [0.05, 0.1) is 12.0 Å². The molecule has 2 heterocycles. The van der Waals surface area contributed by atoms with Crippen molar-refractivity contribution in [1.82, 2.24) is 9.55 Å². The van der Waals surface area contributed by atoms with Crippen molar-refractivity contribution in [2.24, 2.45) is 0 Å². The first-order valence-corrected chi connectivity index (χ1v) is 10.0. The highest BCUT2D eigenvalue weighted by Gasteiger charge is 2.11. The van der Waals surface area contributed by atoms with E-state index in [-0.39, 0.29) is 16.2 Å². The molecule has 0 unspecified atom stereocenters. The summed E-state index contributed by atoms with van der Waals surface area (Å²) in [5.74, 6) is 4.49. The van der Waals surface area contributed by atoms with Gasteiger partial charge in [-0.05, 0) is 48.2 Å². The van der Waals surface area contributed by atoms with Gasteiger partial charge in [0.15, 0.2) is 5.84 Å². The number of rotatable bonds is 5. The Kier molecular flexibility index (Phi) is 7.05. The number of halogens is 2. The fourth-order valence-electron chi connectivity index (χ4n) is 2.60. The molecule has 9 heteroatoms. The first-order chi connectivity index (χ1) is 14.9. The summed E-state index contributed by atoms with van der Waals surface area (Å²) in [4.78, 5) is 4.50. The van der Waals surface area contributed by atoms with Crippen molar-refractivity contribution in [3.05, 3.63) is 65.9 Å². The van der Waals surface area contributed by atoms with Crippen LogP contribution in [-0.4, -0.2) is 22.5 Å². The fraction of sp³-hybridized carbons (Fsp3) is 0.136. The van der Waals surface area contributed by atoms with E-state index in [4.69, 9.17) is 15.6 Å². The number of aromatic nitrogens is 2. The molecule has 0 bridgehead atoms. The molecule has 2 aromatic heterocycles. The minimum Gasteiger partial charge on any atom is -0.480 e. The lowest BCUT2D eigenvalue weighted by Crippen LogP contribution is -2.24. The molecule has 0 amide bonds. The van der Waals surface area contributed by atoms with Crippen LogP contribution in [-0.2, 0) is 0 Å². The minimum atomic E-state index is -0.681. The van der Waals surface area contributed by atoms with Crippen LogP contribution in [0.2, 0.25) is 0 Å². The third kappa shape index (κ3) is 5.29. The molecule has 0 aliphatic heterocycles. The molecule has 31 heavy (non-hydrogen) atoms. The molecule has 0 aliphatic carbocycles. The first-order valence-electron chi connectivity index (χ1n) is 9.20. The highest BCUT2D eigenvalue weighted by molar-refractivity contribution is 8.00. The Morgan fingerprint density at radius 2 is 2.03 bits per heavy atom. The SMILES string of the molecule is CCC#CC(=N)n1cc(-c2cnc(OC)c(NSc3ccc(F)cc3F)c2)ccc1=N. The number of hydrogen-bond donors (Lipinski definition) is 3. The number of ether oxygens (including phenoxy) is 1. The van der Waals surface area contributed by atoms with Gasteiger partial charge in [0.2, 0.25) is 5.88 Å². The monoisotopic (exact) mass is 439 g/mol. The largest absolute Gasteiger partial charge is 0.480 e. The van der Waals surface area contributed by atoms with Crippen LogP contribution >= 0.6 is 11.9 Å². The van der Waals surface area contributed by atoms with Gasteiger partial charge < -0.3 is 9.46 Å². The van der Waals surface area contributed by atoms with Crippen LogP contribution in [0.5, 0.6) is 5.88 Å². The van der Waals surface area contributed by atoms with Crippen molar-refractivity contribution in [3.63, 3.8) is 0 Å². The number of anilines is 1. The molecule has 1 aromatic carbocycles. The van der Waals surface area contributed by atoms with Gasteiger partial charge in [0.25, 0.3) is 0 Å². The summed E-state index contributed by atoms with van der Waals surface area (Å²) >= 11 is 0.963. The van der Waals surface area contributed by atoms with Crippen LogP contribution < -0.4 is 14.9 Å². The number of hydrogen-bond acceptors (Lipinski definition) is 6. The van der Waals surface area contributed by atoms with Crippen LogP contribution in [0.1, 0.15) is 13.3 Å². The number of pyridine rings is 2. The van der Waals surface area contributed by atoms with E-state index in [1.165, 1.54) is 23.8 Å². The lowest BCUT2D eigenvalue weighted by Gasteiger charge is -2.13. The summed E-state index contributed by atoms with van der Waals surface area (Å²) < 4.78 is 36.7. The Labute approximate surface area is 182 Å². The van der Waals surface area contributed by atoms with E-state index in [2.05, 4.69) is 21.5 Å². The van der Waals surface area contributed by atoms with Crippen LogP contribution in [0.3, 0.4) is 0 Å². The third-order valence-electron chi connectivity index (χ3n) is 4.12. The molecule has 3 N–H and O–H groups in total. The molecular weight excluding hydrogens is 420 g/mol. The molecule has 0 spiro atoms. The maximum atomic E-state index is 13.9. The van der Waals surface area contributed by atoms with Gasteiger partial charge >= 0.3 is 0 Å². The van der Waals surface area contributed by atoms with Crippen molar-refractivity contribution in [1.29, 1.82) is 10.8 Å². The van der Waals surface area contributed by atoms with Gasteiger partial charge in [-0.1, -0.05) is 12.8 Å². The normalized spacial score (nSPS) is 10.2. The van der Waals surface area contributed by atoms with Crippen molar-refractivity contribution in [3.8, 4) is 28.8 Å². The van der Waals surface area contributed by atoms with Crippen molar-refractivity contribution in [2.75, 3.05) is 11.8 Å². The molecule has 6 nitrogen and oxygen atoms in total. The van der Waals surface area contributed by atoms with Gasteiger partial charge in [-0.25, -0.2) is 13.8 Å². The highest BCUT2D eigenvalue weighted by atomic mass is 32.2. The maximum Gasteiger partial charge on any atom is 0.237 e. The van der Waals surface area contributed by atoms with Crippen molar-refractivity contribution < 1.29 is 13.5 Å². The predicted molar refractivity (Wildman–Crippen MR) is 117 cm³/mol. The summed E-state index contributed by atoms with van der Waals surface area (Å²) in [6, 6.07) is 8.39. The minimum absolute atomic E-state index is 0.00383. The lowest BCUT2D eigenvalue weighted by atomic mass is 10.1. The summed E-state index contributed by atoms with van der Waals surface area (Å²) in [6.07, 6.45) is 3.84. The first kappa shape index (κ1) is 22.1. The molecule has 0 atom stereocenters. The van der Waals surface area contributed by atoms with E-state index >= 15 is 0 Å². The fourth-order valence-corrected chi connectivity index (χ4v) is 3.26. The number of benzene rings is 1. The molecule has 0 saturated heterocycles. The zero-order valence-corrected chi connectivity index (χ0v) is 17.6. The summed E-state index contributed by atoms with van der Waals surface area (Å²) in [7, 11) is 1.47. The quantitative estimate of drug-likeness (QED) is 0.233. The highest BCUT2D eigenvalue weighted by Crippen LogP contribution is 2.32. The van der Waals surface area contributed by atoms with Crippen LogP contribution in [0, 0.1) is 34.3 Å². The summed E-state index contributed by atoms with van der Waals surface area (Å²) in [6.45, 7) is 1.89. The van der Waals surface area contributed by atoms with E-state index < -0.39 is 11.6 Å². The summed E-state index contributed by atoms with van der Waals surface area (Å²) in [5.41, 5.74) is 2.00. The van der Waals surface area contributed by atoms with Gasteiger partial charge in [-0.15, -0.1) is 0 Å². The Morgan fingerprint density at radius 3 is 2.74 bits per heavy atom. The van der Waals surface area contributed by atoms with Crippen LogP contribution in [0.25, 0.3) is 11.1 Å². The topological polar surface area (TPSA) is 86.8 Å². The van der Waals surface area contributed by atoms with Gasteiger partial charge in [0.1, 0.15) is 22.8 Å². The van der Waals surface area contributed by atoms with Crippen molar-refractivity contribution >= 4 is 23.5 Å². The second-order valence-corrected chi connectivity index (χ2v) is 7.08. The van der Waals surface area contributed by atoms with E-state index in [1.54, 1.807) is 30.6 Å². The van der Waals surface area contributed by atoms with E-state index in [1.807, 2.05) is 6.92 Å². The van der Waals surface area contributed by atoms with E-state index in [9.17, 15) is 8.78 Å². The molecule has 3 rings (SSSR count). The molecular formula is C22H19F2N5OS. The molecule has 158 valence electrons. The molecule has 0 saturated carbocycles. The number of methoxy groups -OCH3 is 1. The van der Waals surface area contributed by atoms with Gasteiger partial charge in [0, 0.05) is 36.0 Å². The Hall–Kier alpha value is -3.64. The molecule has 0 radical (unpaired) electrons. The average Bonchev–Trinajstić information content (AvgIpc) is 2.77. The Balaban J connectivity index is 1.93. The second kappa shape index (κ2) is 9.91. The number of nitrogens with zero attached hydrogens (tertiary/aromatic N) is 2. The zero-order chi connectivity index (χ0) is 22.4. The summed E-state index contributed by atoms with van der Waals surface area (Å²) in [5, 5.41) is 16.1. The van der Waals surface area contributed by atoms with Crippen LogP contribution in [0.4, 0.5) is 14.5 Å². The average molecular weight is 439 g/mol. The van der Waals surface area contributed by atoms with Gasteiger partial charge in [-0.2, -0.15) is 0 Å². The Bertz CT molecular complexity index is 1250.